The van der Waals surface area contributed by atoms with Gasteiger partial charge in [-0.25, -0.2) is 4.99 Å². The number of halogens is 1. The maximum Gasteiger partial charge on any atom is 0.193 e. The van der Waals surface area contributed by atoms with Crippen molar-refractivity contribution in [2.24, 2.45) is 10.7 Å². The summed E-state index contributed by atoms with van der Waals surface area (Å²) < 4.78 is 11.0. The summed E-state index contributed by atoms with van der Waals surface area (Å²) in [7, 11) is 1.67. The highest BCUT2D eigenvalue weighted by Crippen LogP contribution is 2.16. The third kappa shape index (κ3) is 8.73. The summed E-state index contributed by atoms with van der Waals surface area (Å²) in [6.07, 6.45) is 0. The topological polar surface area (TPSA) is 68.9 Å². The van der Waals surface area contributed by atoms with Crippen LogP contribution in [0.5, 0.6) is 0 Å². The number of nitrogens with one attached hydrogen (secondary N) is 1. The quantitative estimate of drug-likeness (QED) is 0.341. The number of ether oxygens (including phenoxy) is 2. The largest absolute Gasteiger partial charge is 0.380 e. The van der Waals surface area contributed by atoms with Crippen molar-refractivity contribution in [2.75, 3.05) is 12.4 Å². The molecular formula is C21H30IN3O2. The third-order valence-electron chi connectivity index (χ3n) is 3.68. The monoisotopic (exact) mass is 483 g/mol. The number of para-hydroxylation sites is 1. The van der Waals surface area contributed by atoms with Crippen LogP contribution >= 0.6 is 24.0 Å². The number of benzene rings is 2. The molecule has 0 aromatic heterocycles. The lowest BCUT2D eigenvalue weighted by molar-refractivity contribution is -0.0149. The highest BCUT2D eigenvalue weighted by Gasteiger charge is 2.10. The van der Waals surface area contributed by atoms with E-state index < -0.39 is 0 Å². The van der Waals surface area contributed by atoms with E-state index in [4.69, 9.17) is 15.2 Å². The van der Waals surface area contributed by atoms with Crippen LogP contribution in [0.2, 0.25) is 0 Å². The zero-order chi connectivity index (χ0) is 19.0. The van der Waals surface area contributed by atoms with E-state index >= 15 is 0 Å². The molecule has 0 unspecified atom stereocenters. The highest BCUT2D eigenvalue weighted by molar-refractivity contribution is 14.0. The molecule has 0 bridgehead atoms. The van der Waals surface area contributed by atoms with Crippen molar-refractivity contribution in [1.29, 1.82) is 0 Å². The van der Waals surface area contributed by atoms with E-state index in [2.05, 4.69) is 43.2 Å². The first kappa shape index (κ1) is 23.4. The molecule has 0 aliphatic heterocycles. The first-order chi connectivity index (χ1) is 12.4. The highest BCUT2D eigenvalue weighted by atomic mass is 127. The lowest BCUT2D eigenvalue weighted by Gasteiger charge is -2.19. The minimum atomic E-state index is -0.155. The lowest BCUT2D eigenvalue weighted by Crippen LogP contribution is -2.23. The lowest BCUT2D eigenvalue weighted by atomic mass is 10.1. The van der Waals surface area contributed by atoms with E-state index in [1.165, 1.54) is 0 Å². The molecule has 0 heterocycles. The van der Waals surface area contributed by atoms with Crippen LogP contribution in [0, 0.1) is 0 Å². The van der Waals surface area contributed by atoms with Crippen molar-refractivity contribution in [3.05, 3.63) is 65.2 Å². The molecule has 0 saturated heterocycles. The molecule has 2 aromatic rings. The Balaban J connectivity index is 0.00000364. The molecule has 0 radical (unpaired) electrons. The fraction of sp³-hybridized carbons (Fsp3) is 0.381. The summed E-state index contributed by atoms with van der Waals surface area (Å²) in [5.41, 5.74) is 10.1. The number of aliphatic imine (C=N–C) groups is 1. The van der Waals surface area contributed by atoms with E-state index in [1.54, 1.807) is 7.11 Å². The number of hydrogen-bond donors (Lipinski definition) is 2. The summed E-state index contributed by atoms with van der Waals surface area (Å²) in [5, 5.41) is 3.15. The van der Waals surface area contributed by atoms with Crippen molar-refractivity contribution in [2.45, 2.75) is 46.1 Å². The predicted octanol–water partition coefficient (Wildman–Crippen LogP) is 4.69. The Bertz CT molecular complexity index is 742. The second-order valence-electron chi connectivity index (χ2n) is 7.14. The van der Waals surface area contributed by atoms with E-state index in [9.17, 15) is 0 Å². The van der Waals surface area contributed by atoms with Gasteiger partial charge in [-0.2, -0.15) is 0 Å². The molecule has 0 fully saturated rings. The Hall–Kier alpha value is -1.64. The smallest absolute Gasteiger partial charge is 0.193 e. The molecule has 0 atom stereocenters. The van der Waals surface area contributed by atoms with Crippen molar-refractivity contribution in [3.63, 3.8) is 0 Å². The van der Waals surface area contributed by atoms with E-state index in [0.29, 0.717) is 25.7 Å². The van der Waals surface area contributed by atoms with Crippen molar-refractivity contribution >= 4 is 35.6 Å². The summed E-state index contributed by atoms with van der Waals surface area (Å²) in [6, 6.07) is 16.1. The maximum absolute atomic E-state index is 6.05. The van der Waals surface area contributed by atoms with Crippen molar-refractivity contribution < 1.29 is 9.47 Å². The Morgan fingerprint density at radius 2 is 1.74 bits per heavy atom. The maximum atomic E-state index is 6.05. The van der Waals surface area contributed by atoms with Crippen LogP contribution in [-0.4, -0.2) is 18.7 Å². The fourth-order valence-electron chi connectivity index (χ4n) is 2.40. The first-order valence-electron chi connectivity index (χ1n) is 8.73. The molecule has 5 nitrogen and oxygen atoms in total. The number of hydrogen-bond acceptors (Lipinski definition) is 3. The molecular weight excluding hydrogens is 453 g/mol. The average molecular weight is 483 g/mol. The van der Waals surface area contributed by atoms with Gasteiger partial charge in [0, 0.05) is 18.4 Å². The number of methoxy groups -OCH3 is 1. The Morgan fingerprint density at radius 3 is 2.44 bits per heavy atom. The average Bonchev–Trinajstić information content (AvgIpc) is 2.60. The standard InChI is InChI=1S/C21H29N3O2.HI/c1-21(2,3)26-14-17-9-7-8-16(12-17)13-23-20(22)24-19-11-6-5-10-18(19)15-25-4;/h5-12H,13-15H2,1-4H3,(H3,22,23,24);1H. The number of nitrogens with two attached hydrogens (primary N) is 1. The van der Waals surface area contributed by atoms with Crippen LogP contribution in [0.4, 0.5) is 5.69 Å². The van der Waals surface area contributed by atoms with Crippen LogP contribution in [-0.2, 0) is 29.2 Å². The van der Waals surface area contributed by atoms with Gasteiger partial charge in [-0.3, -0.25) is 0 Å². The van der Waals surface area contributed by atoms with E-state index in [0.717, 1.165) is 22.4 Å². The van der Waals surface area contributed by atoms with Gasteiger partial charge in [0.15, 0.2) is 5.96 Å². The minimum absolute atomic E-state index is 0. The van der Waals surface area contributed by atoms with Crippen LogP contribution in [0.1, 0.15) is 37.5 Å². The van der Waals surface area contributed by atoms with Gasteiger partial charge in [0.25, 0.3) is 0 Å². The molecule has 0 aliphatic carbocycles. The molecule has 27 heavy (non-hydrogen) atoms. The minimum Gasteiger partial charge on any atom is -0.380 e. The van der Waals surface area contributed by atoms with Crippen molar-refractivity contribution in [1.82, 2.24) is 0 Å². The van der Waals surface area contributed by atoms with E-state index in [-0.39, 0.29) is 29.6 Å². The number of anilines is 1. The van der Waals surface area contributed by atoms with Gasteiger partial charge in [-0.15, -0.1) is 24.0 Å². The van der Waals surface area contributed by atoms with E-state index in [1.807, 2.05) is 36.4 Å². The zero-order valence-corrected chi connectivity index (χ0v) is 18.8. The van der Waals surface area contributed by atoms with Crippen LogP contribution < -0.4 is 11.1 Å². The zero-order valence-electron chi connectivity index (χ0n) is 16.5. The van der Waals surface area contributed by atoms with Crippen LogP contribution in [0.3, 0.4) is 0 Å². The Labute approximate surface area is 179 Å². The van der Waals surface area contributed by atoms with Crippen molar-refractivity contribution in [3.8, 4) is 0 Å². The van der Waals surface area contributed by atoms with Gasteiger partial charge in [0.1, 0.15) is 0 Å². The molecule has 148 valence electrons. The second kappa shape index (κ2) is 11.3. The summed E-state index contributed by atoms with van der Waals surface area (Å²) in [5.74, 6) is 0.380. The molecule has 3 N–H and O–H groups in total. The summed E-state index contributed by atoms with van der Waals surface area (Å²) in [6.45, 7) is 7.76. The van der Waals surface area contributed by atoms with Gasteiger partial charge in [0.05, 0.1) is 25.4 Å². The Morgan fingerprint density at radius 1 is 1.04 bits per heavy atom. The second-order valence-corrected chi connectivity index (χ2v) is 7.14. The molecule has 0 aliphatic rings. The Kier molecular flexibility index (Phi) is 9.76. The van der Waals surface area contributed by atoms with Gasteiger partial charge in [0.2, 0.25) is 0 Å². The molecule has 2 rings (SSSR count). The predicted molar refractivity (Wildman–Crippen MR) is 123 cm³/mol. The SMILES string of the molecule is COCc1ccccc1NC(N)=NCc1cccc(COC(C)(C)C)c1.I. The normalized spacial score (nSPS) is 11.8. The first-order valence-corrected chi connectivity index (χ1v) is 8.73. The van der Waals surface area contributed by atoms with Gasteiger partial charge in [-0.05, 0) is 38.0 Å². The number of rotatable bonds is 7. The van der Waals surface area contributed by atoms with Gasteiger partial charge < -0.3 is 20.5 Å². The third-order valence-corrected chi connectivity index (χ3v) is 3.68. The van der Waals surface area contributed by atoms with Crippen LogP contribution in [0.15, 0.2) is 53.5 Å². The van der Waals surface area contributed by atoms with Crippen LogP contribution in [0.25, 0.3) is 0 Å². The number of nitrogens with zero attached hydrogens (tertiary/aromatic N) is 1. The van der Waals surface area contributed by atoms with Gasteiger partial charge in [-0.1, -0.05) is 42.5 Å². The fourth-order valence-corrected chi connectivity index (χ4v) is 2.40. The molecule has 0 amide bonds. The summed E-state index contributed by atoms with van der Waals surface area (Å²) in [4.78, 5) is 4.44. The molecule has 0 spiro atoms. The number of guanidine groups is 1. The molecule has 2 aromatic carbocycles. The molecule has 6 heteroatoms. The van der Waals surface area contributed by atoms with Gasteiger partial charge >= 0.3 is 0 Å². The molecule has 0 saturated carbocycles. The summed E-state index contributed by atoms with van der Waals surface area (Å²) >= 11 is 0.